The largest absolute Gasteiger partial charge is 0.379 e. The van der Waals surface area contributed by atoms with E-state index in [1.54, 1.807) is 0 Å². The molecule has 2 rings (SSSR count). The van der Waals surface area contributed by atoms with Gasteiger partial charge < -0.3 is 14.6 Å². The number of hydrogen-bond acceptors (Lipinski definition) is 4. The van der Waals surface area contributed by atoms with E-state index in [1.807, 2.05) is 12.5 Å². The number of nitrogens with one attached hydrogen (secondary N) is 1. The van der Waals surface area contributed by atoms with Crippen LogP contribution in [0.4, 0.5) is 0 Å². The van der Waals surface area contributed by atoms with Crippen LogP contribution in [0.3, 0.4) is 0 Å². The van der Waals surface area contributed by atoms with Crippen molar-refractivity contribution < 1.29 is 4.74 Å². The molecular formula is C12H22N4O. The molecule has 1 aliphatic rings. The summed E-state index contributed by atoms with van der Waals surface area (Å²) < 4.78 is 7.58. The summed E-state index contributed by atoms with van der Waals surface area (Å²) in [5, 5.41) is 3.33. The van der Waals surface area contributed by atoms with Crippen molar-refractivity contribution in [2.24, 2.45) is 0 Å². The van der Waals surface area contributed by atoms with Crippen LogP contribution < -0.4 is 5.32 Å². The predicted octanol–water partition coefficient (Wildman–Crippen LogP) is 0.325. The number of morpholine rings is 1. The van der Waals surface area contributed by atoms with Gasteiger partial charge in [-0.15, -0.1) is 0 Å². The van der Waals surface area contributed by atoms with Gasteiger partial charge in [-0.25, -0.2) is 4.98 Å². The lowest BCUT2D eigenvalue weighted by Crippen LogP contribution is -2.38. The Morgan fingerprint density at radius 2 is 2.18 bits per heavy atom. The smallest absolute Gasteiger partial charge is 0.0949 e. The van der Waals surface area contributed by atoms with Crippen molar-refractivity contribution in [1.82, 2.24) is 19.8 Å². The van der Waals surface area contributed by atoms with Crippen molar-refractivity contribution in [3.05, 3.63) is 18.2 Å². The SMILES string of the molecule is CCNCc1cncn1CCN1CCOCC1. The van der Waals surface area contributed by atoms with E-state index >= 15 is 0 Å². The molecule has 0 amide bonds. The molecule has 1 N–H and O–H groups in total. The average Bonchev–Trinajstić information content (AvgIpc) is 2.82. The van der Waals surface area contributed by atoms with E-state index in [9.17, 15) is 0 Å². The number of ether oxygens (including phenoxy) is 1. The van der Waals surface area contributed by atoms with Gasteiger partial charge in [-0.3, -0.25) is 4.90 Å². The van der Waals surface area contributed by atoms with E-state index in [4.69, 9.17) is 4.74 Å². The van der Waals surface area contributed by atoms with E-state index in [0.717, 1.165) is 52.5 Å². The molecule has 96 valence electrons. The van der Waals surface area contributed by atoms with Crippen LogP contribution in [0.15, 0.2) is 12.5 Å². The standard InChI is InChI=1S/C12H22N4O/c1-2-13-9-12-10-14-11-16(12)4-3-15-5-7-17-8-6-15/h10-11,13H,2-9H2,1H3. The molecule has 1 aromatic rings. The molecule has 1 saturated heterocycles. The Balaban J connectivity index is 1.79. The first-order valence-corrected chi connectivity index (χ1v) is 6.40. The average molecular weight is 238 g/mol. The second-order valence-electron chi connectivity index (χ2n) is 4.31. The van der Waals surface area contributed by atoms with E-state index < -0.39 is 0 Å². The summed E-state index contributed by atoms with van der Waals surface area (Å²) in [5.74, 6) is 0. The third-order valence-corrected chi connectivity index (χ3v) is 3.12. The Bertz CT molecular complexity index is 320. The molecule has 1 fully saturated rings. The number of aromatic nitrogens is 2. The number of hydrogen-bond donors (Lipinski definition) is 1. The maximum atomic E-state index is 5.34. The lowest BCUT2D eigenvalue weighted by atomic mass is 10.4. The fourth-order valence-electron chi connectivity index (χ4n) is 2.02. The van der Waals surface area contributed by atoms with Gasteiger partial charge in [0.05, 0.1) is 25.2 Å². The molecule has 5 nitrogen and oxygen atoms in total. The maximum absolute atomic E-state index is 5.34. The molecule has 1 aliphatic heterocycles. The van der Waals surface area contributed by atoms with E-state index in [1.165, 1.54) is 5.69 Å². The Morgan fingerprint density at radius 1 is 1.35 bits per heavy atom. The third-order valence-electron chi connectivity index (χ3n) is 3.12. The van der Waals surface area contributed by atoms with Crippen LogP contribution in [0.1, 0.15) is 12.6 Å². The Morgan fingerprint density at radius 3 is 2.94 bits per heavy atom. The van der Waals surface area contributed by atoms with E-state index in [0.29, 0.717) is 0 Å². The Labute approximate surface area is 103 Å². The summed E-state index contributed by atoms with van der Waals surface area (Å²) in [5.41, 5.74) is 1.26. The summed E-state index contributed by atoms with van der Waals surface area (Å²) in [4.78, 5) is 6.66. The van der Waals surface area contributed by atoms with E-state index in [2.05, 4.69) is 26.7 Å². The molecule has 0 unspecified atom stereocenters. The van der Waals surface area contributed by atoms with Gasteiger partial charge in [-0.2, -0.15) is 0 Å². The molecule has 0 atom stereocenters. The van der Waals surface area contributed by atoms with Gasteiger partial charge in [-0.05, 0) is 6.54 Å². The summed E-state index contributed by atoms with van der Waals surface area (Å²) in [6.07, 6.45) is 3.87. The van der Waals surface area contributed by atoms with Crippen molar-refractivity contribution in [2.75, 3.05) is 39.4 Å². The molecule has 0 spiro atoms. The van der Waals surface area contributed by atoms with Gasteiger partial charge in [0.25, 0.3) is 0 Å². The van der Waals surface area contributed by atoms with Crippen LogP contribution in [0.2, 0.25) is 0 Å². The fraction of sp³-hybridized carbons (Fsp3) is 0.750. The summed E-state index contributed by atoms with van der Waals surface area (Å²) in [6, 6.07) is 0. The predicted molar refractivity (Wildman–Crippen MR) is 66.9 cm³/mol. The van der Waals surface area contributed by atoms with Gasteiger partial charge in [0.15, 0.2) is 0 Å². The zero-order valence-electron chi connectivity index (χ0n) is 10.6. The molecule has 0 aromatic carbocycles. The van der Waals surface area contributed by atoms with Crippen molar-refractivity contribution in [3.63, 3.8) is 0 Å². The lowest BCUT2D eigenvalue weighted by molar-refractivity contribution is 0.0363. The number of rotatable bonds is 6. The van der Waals surface area contributed by atoms with Crippen molar-refractivity contribution in [1.29, 1.82) is 0 Å². The molecule has 2 heterocycles. The maximum Gasteiger partial charge on any atom is 0.0949 e. The summed E-state index contributed by atoms with van der Waals surface area (Å²) >= 11 is 0. The highest BCUT2D eigenvalue weighted by Gasteiger charge is 2.10. The first-order chi connectivity index (χ1) is 8.40. The van der Waals surface area contributed by atoms with Crippen molar-refractivity contribution >= 4 is 0 Å². The molecule has 1 aromatic heterocycles. The molecule has 0 radical (unpaired) electrons. The normalized spacial score (nSPS) is 17.5. The molecular weight excluding hydrogens is 216 g/mol. The molecule has 17 heavy (non-hydrogen) atoms. The van der Waals surface area contributed by atoms with Crippen molar-refractivity contribution in [2.45, 2.75) is 20.0 Å². The minimum absolute atomic E-state index is 0.869. The third kappa shape index (κ3) is 3.80. The Hall–Kier alpha value is -0.910. The molecule has 0 bridgehead atoms. The van der Waals surface area contributed by atoms with Crippen molar-refractivity contribution in [3.8, 4) is 0 Å². The van der Waals surface area contributed by atoms with Crippen LogP contribution in [0.25, 0.3) is 0 Å². The minimum atomic E-state index is 0.869. The second kappa shape index (κ2) is 6.74. The first-order valence-electron chi connectivity index (χ1n) is 6.40. The van der Waals surface area contributed by atoms with Crippen LogP contribution >= 0.6 is 0 Å². The first kappa shape index (κ1) is 12.5. The zero-order valence-corrected chi connectivity index (χ0v) is 10.6. The van der Waals surface area contributed by atoms with E-state index in [-0.39, 0.29) is 0 Å². The lowest BCUT2D eigenvalue weighted by Gasteiger charge is -2.26. The van der Waals surface area contributed by atoms with Gasteiger partial charge in [-0.1, -0.05) is 6.92 Å². The van der Waals surface area contributed by atoms with Crippen LogP contribution in [0, 0.1) is 0 Å². The Kier molecular flexibility index (Phi) is 4.97. The van der Waals surface area contributed by atoms with Crippen LogP contribution in [-0.2, 0) is 17.8 Å². The van der Waals surface area contributed by atoms with Gasteiger partial charge in [0.1, 0.15) is 0 Å². The topological polar surface area (TPSA) is 42.3 Å². The second-order valence-corrected chi connectivity index (χ2v) is 4.31. The quantitative estimate of drug-likeness (QED) is 0.775. The fourth-order valence-corrected chi connectivity index (χ4v) is 2.02. The monoisotopic (exact) mass is 238 g/mol. The number of imidazole rings is 1. The zero-order chi connectivity index (χ0) is 11.9. The number of nitrogens with zero attached hydrogens (tertiary/aromatic N) is 3. The minimum Gasteiger partial charge on any atom is -0.379 e. The van der Waals surface area contributed by atoms with Gasteiger partial charge >= 0.3 is 0 Å². The summed E-state index contributed by atoms with van der Waals surface area (Å²) in [7, 11) is 0. The molecule has 0 aliphatic carbocycles. The van der Waals surface area contributed by atoms with Gasteiger partial charge in [0, 0.05) is 38.9 Å². The summed E-state index contributed by atoms with van der Waals surface area (Å²) in [6.45, 7) is 9.96. The molecule has 0 saturated carbocycles. The highest BCUT2D eigenvalue weighted by molar-refractivity contribution is 4.97. The van der Waals surface area contributed by atoms with Gasteiger partial charge in [0.2, 0.25) is 0 Å². The van der Waals surface area contributed by atoms with Crippen LogP contribution in [0.5, 0.6) is 0 Å². The molecule has 5 heteroatoms. The van der Waals surface area contributed by atoms with Crippen LogP contribution in [-0.4, -0.2) is 53.8 Å². The highest BCUT2D eigenvalue weighted by atomic mass is 16.5. The highest BCUT2D eigenvalue weighted by Crippen LogP contribution is 2.02.